The van der Waals surface area contributed by atoms with Crippen LogP contribution in [0, 0.1) is 5.41 Å². The molecule has 1 aromatic rings. The van der Waals surface area contributed by atoms with Crippen molar-refractivity contribution in [2.24, 2.45) is 5.41 Å². The first-order valence-electron chi connectivity index (χ1n) is 6.86. The molecule has 1 heterocycles. The van der Waals surface area contributed by atoms with Crippen LogP contribution in [0.2, 0.25) is 0 Å². The molecule has 7 heteroatoms. The van der Waals surface area contributed by atoms with Crippen LogP contribution in [0.5, 0.6) is 0 Å². The molecule has 0 saturated heterocycles. The molecule has 1 fully saturated rings. The number of benzene rings is 1. The van der Waals surface area contributed by atoms with Crippen LogP contribution in [0.25, 0.3) is 0 Å². The van der Waals surface area contributed by atoms with Crippen LogP contribution in [-0.2, 0) is 9.63 Å². The van der Waals surface area contributed by atoms with Gasteiger partial charge in [-0.1, -0.05) is 23.6 Å². The number of rotatable bonds is 3. The summed E-state index contributed by atoms with van der Waals surface area (Å²) >= 11 is 0. The lowest BCUT2D eigenvalue weighted by molar-refractivity contribution is -0.217. The van der Waals surface area contributed by atoms with E-state index < -0.39 is 29.1 Å². The van der Waals surface area contributed by atoms with E-state index in [-0.39, 0.29) is 29.0 Å². The predicted molar refractivity (Wildman–Crippen MR) is 69.9 cm³/mol. The third-order valence-corrected chi connectivity index (χ3v) is 4.37. The monoisotopic (exact) mass is 309 g/mol. The van der Waals surface area contributed by atoms with Gasteiger partial charge in [0.2, 0.25) is 0 Å². The van der Waals surface area contributed by atoms with E-state index in [4.69, 9.17) is 4.84 Å². The second-order valence-electron chi connectivity index (χ2n) is 5.65. The molecule has 1 aliphatic heterocycles. The van der Waals surface area contributed by atoms with Gasteiger partial charge >= 0.3 is 5.97 Å². The molecule has 0 N–H and O–H groups in total. The lowest BCUT2D eigenvalue weighted by Crippen LogP contribution is -2.53. The highest BCUT2D eigenvalue weighted by Gasteiger charge is 2.62. The maximum Gasteiger partial charge on any atom is 0.345 e. The highest BCUT2D eigenvalue weighted by Crippen LogP contribution is 2.53. The van der Waals surface area contributed by atoms with E-state index in [0.717, 1.165) is 0 Å². The number of hydrogen-bond donors (Lipinski definition) is 0. The van der Waals surface area contributed by atoms with Crippen molar-refractivity contribution < 1.29 is 28.0 Å². The zero-order valence-electron chi connectivity index (χ0n) is 11.8. The molecule has 1 aliphatic carbocycles. The second-order valence-corrected chi connectivity index (χ2v) is 5.65. The third-order valence-electron chi connectivity index (χ3n) is 4.37. The molecule has 3 rings (SSSR count). The Labute approximate surface area is 124 Å². The lowest BCUT2D eigenvalue weighted by atomic mass is 9.65. The van der Waals surface area contributed by atoms with E-state index >= 15 is 0 Å². The van der Waals surface area contributed by atoms with E-state index in [2.05, 4.69) is 0 Å². The maximum absolute atomic E-state index is 13.7. The van der Waals surface area contributed by atoms with Gasteiger partial charge in [-0.25, -0.2) is 13.6 Å². The van der Waals surface area contributed by atoms with Crippen molar-refractivity contribution in [3.8, 4) is 0 Å². The van der Waals surface area contributed by atoms with Crippen LogP contribution in [0.1, 0.15) is 46.9 Å². The summed E-state index contributed by atoms with van der Waals surface area (Å²) in [5.74, 6) is -6.15. The Balaban J connectivity index is 1.85. The third kappa shape index (κ3) is 1.84. The van der Waals surface area contributed by atoms with Gasteiger partial charge in [-0.15, -0.1) is 0 Å². The number of fused-ring (bicyclic) bond motifs is 1. The molecule has 0 aromatic heterocycles. The maximum atomic E-state index is 13.7. The average molecular weight is 309 g/mol. The second kappa shape index (κ2) is 4.59. The molecule has 5 nitrogen and oxygen atoms in total. The fourth-order valence-electron chi connectivity index (χ4n) is 2.77. The normalized spacial score (nSPS) is 19.7. The molecule has 1 aromatic carbocycles. The molecule has 0 bridgehead atoms. The van der Waals surface area contributed by atoms with Gasteiger partial charge in [-0.05, 0) is 25.0 Å². The van der Waals surface area contributed by atoms with E-state index in [1.165, 1.54) is 12.1 Å². The molecule has 0 unspecified atom stereocenters. The fourth-order valence-corrected chi connectivity index (χ4v) is 2.77. The number of imide groups is 1. The van der Waals surface area contributed by atoms with Crippen LogP contribution in [-0.4, -0.2) is 28.8 Å². The molecule has 1 saturated carbocycles. The first-order valence-corrected chi connectivity index (χ1v) is 6.86. The minimum Gasteiger partial charge on any atom is -0.329 e. The Morgan fingerprint density at radius 1 is 1.18 bits per heavy atom. The van der Waals surface area contributed by atoms with Gasteiger partial charge in [-0.3, -0.25) is 9.59 Å². The highest BCUT2D eigenvalue weighted by molar-refractivity contribution is 6.20. The Bertz CT molecular complexity index is 641. The van der Waals surface area contributed by atoms with Crippen molar-refractivity contribution in [3.05, 3.63) is 35.4 Å². The minimum atomic E-state index is -3.28. The smallest absolute Gasteiger partial charge is 0.329 e. The largest absolute Gasteiger partial charge is 0.345 e. The van der Waals surface area contributed by atoms with Crippen molar-refractivity contribution in [2.45, 2.75) is 32.1 Å². The number of nitrogens with zero attached hydrogens (tertiary/aromatic N) is 1. The van der Waals surface area contributed by atoms with E-state index in [1.54, 1.807) is 12.1 Å². The predicted octanol–water partition coefficient (Wildman–Crippen LogP) is 2.57. The van der Waals surface area contributed by atoms with Crippen LogP contribution < -0.4 is 0 Å². The van der Waals surface area contributed by atoms with Gasteiger partial charge < -0.3 is 4.84 Å². The summed E-state index contributed by atoms with van der Waals surface area (Å²) in [5.41, 5.74) is -1.78. The Morgan fingerprint density at radius 3 is 2.05 bits per heavy atom. The summed E-state index contributed by atoms with van der Waals surface area (Å²) in [6.45, 7) is 0.649. The molecular formula is C15H13F2NO4. The summed E-state index contributed by atoms with van der Waals surface area (Å²) in [5, 5.41) is 0.277. The lowest BCUT2D eigenvalue weighted by Gasteiger charge is -2.43. The highest BCUT2D eigenvalue weighted by atomic mass is 19.3. The minimum absolute atomic E-state index is 0.0293. The SMILES string of the molecule is CC(F)(F)C1(C(=O)ON2C(=O)c3ccccc3C2=O)CCC1. The number of carbonyl (C=O) groups is 3. The standard InChI is InChI=1S/C15H13F2NO4/c1-14(16,17)15(7-4-8-15)13(21)22-18-11(19)9-5-2-3-6-10(9)12(18)20/h2-3,5-6H,4,7-8H2,1H3. The summed E-state index contributed by atoms with van der Waals surface area (Å²) < 4.78 is 27.4. The number of carbonyl (C=O) groups excluding carboxylic acids is 3. The van der Waals surface area contributed by atoms with Crippen molar-refractivity contribution in [2.75, 3.05) is 0 Å². The van der Waals surface area contributed by atoms with E-state index in [9.17, 15) is 23.2 Å². The Kier molecular flexibility index (Phi) is 3.05. The fraction of sp³-hybridized carbons (Fsp3) is 0.400. The zero-order valence-corrected chi connectivity index (χ0v) is 11.8. The number of alkyl halides is 2. The quantitative estimate of drug-likeness (QED) is 0.805. The van der Waals surface area contributed by atoms with Gasteiger partial charge in [-0.2, -0.15) is 0 Å². The van der Waals surface area contributed by atoms with Gasteiger partial charge in [0.25, 0.3) is 17.7 Å². The summed E-state index contributed by atoms with van der Waals surface area (Å²) in [6.07, 6.45) is 0.414. The Morgan fingerprint density at radius 2 is 1.68 bits per heavy atom. The molecule has 116 valence electrons. The van der Waals surface area contributed by atoms with Gasteiger partial charge in [0.1, 0.15) is 5.41 Å². The van der Waals surface area contributed by atoms with Crippen molar-refractivity contribution in [1.82, 2.24) is 5.06 Å². The molecule has 0 spiro atoms. The van der Waals surface area contributed by atoms with Gasteiger partial charge in [0, 0.05) is 6.92 Å². The van der Waals surface area contributed by atoms with E-state index in [0.29, 0.717) is 13.3 Å². The summed E-state index contributed by atoms with van der Waals surface area (Å²) in [7, 11) is 0. The van der Waals surface area contributed by atoms with Crippen molar-refractivity contribution in [3.63, 3.8) is 0 Å². The molecule has 2 aliphatic rings. The Hall–Kier alpha value is -2.31. The number of hydroxylamine groups is 2. The first kappa shape index (κ1) is 14.6. The van der Waals surface area contributed by atoms with Crippen molar-refractivity contribution >= 4 is 17.8 Å². The number of amides is 2. The molecule has 22 heavy (non-hydrogen) atoms. The van der Waals surface area contributed by atoms with Crippen LogP contribution in [0.15, 0.2) is 24.3 Å². The number of hydrogen-bond acceptors (Lipinski definition) is 4. The van der Waals surface area contributed by atoms with E-state index in [1.807, 2.05) is 0 Å². The van der Waals surface area contributed by atoms with Gasteiger partial charge in [0.15, 0.2) is 0 Å². The average Bonchev–Trinajstić information content (AvgIpc) is 2.61. The number of halogens is 2. The first-order chi connectivity index (χ1) is 10.3. The van der Waals surface area contributed by atoms with Crippen LogP contribution >= 0.6 is 0 Å². The molecule has 0 radical (unpaired) electrons. The summed E-state index contributed by atoms with van der Waals surface area (Å²) in [6, 6.07) is 5.94. The molecule has 0 atom stereocenters. The topological polar surface area (TPSA) is 63.7 Å². The van der Waals surface area contributed by atoms with Gasteiger partial charge in [0.05, 0.1) is 11.1 Å². The molecular weight excluding hydrogens is 296 g/mol. The van der Waals surface area contributed by atoms with Crippen LogP contribution in [0.3, 0.4) is 0 Å². The summed E-state index contributed by atoms with van der Waals surface area (Å²) in [4.78, 5) is 41.0. The zero-order chi connectivity index (χ0) is 16.1. The van der Waals surface area contributed by atoms with Crippen LogP contribution in [0.4, 0.5) is 8.78 Å². The molecule has 2 amide bonds. The van der Waals surface area contributed by atoms with Crippen molar-refractivity contribution in [1.29, 1.82) is 0 Å².